The highest BCUT2D eigenvalue weighted by atomic mass is 14.9. The molecule has 2 atom stereocenters. The van der Waals surface area contributed by atoms with Gasteiger partial charge in [-0.2, -0.15) is 0 Å². The third-order valence-corrected chi connectivity index (χ3v) is 4.99. The van der Waals surface area contributed by atoms with Gasteiger partial charge in [0.25, 0.3) is 0 Å². The van der Waals surface area contributed by atoms with Crippen molar-refractivity contribution in [2.24, 2.45) is 11.8 Å². The molecule has 1 aromatic rings. The van der Waals surface area contributed by atoms with Gasteiger partial charge in [0.05, 0.1) is 5.69 Å². The standard InChI is InChI=1S/C16H26N2/c1-9(2)15-17-12(6)13-8-11(5)16(7,10(3)4)14(13)18-15/h9-11H,8H2,1-7H3. The normalized spacial score (nSPS) is 27.1. The van der Waals surface area contributed by atoms with Crippen molar-refractivity contribution in [2.45, 2.75) is 66.2 Å². The van der Waals surface area contributed by atoms with E-state index in [-0.39, 0.29) is 5.41 Å². The third-order valence-electron chi connectivity index (χ3n) is 4.99. The molecule has 2 nitrogen and oxygen atoms in total. The highest BCUT2D eigenvalue weighted by Crippen LogP contribution is 2.47. The number of nitrogens with zero attached hydrogens (tertiary/aromatic N) is 2. The highest BCUT2D eigenvalue weighted by Gasteiger charge is 2.45. The summed E-state index contributed by atoms with van der Waals surface area (Å²) in [6, 6.07) is 0. The topological polar surface area (TPSA) is 25.8 Å². The molecule has 1 aliphatic carbocycles. The molecule has 2 unspecified atom stereocenters. The summed E-state index contributed by atoms with van der Waals surface area (Å²) in [7, 11) is 0. The third kappa shape index (κ3) is 1.77. The Morgan fingerprint density at radius 3 is 2.28 bits per heavy atom. The molecule has 1 aromatic heterocycles. The first kappa shape index (κ1) is 13.5. The minimum Gasteiger partial charge on any atom is -0.238 e. The minimum absolute atomic E-state index is 0.201. The predicted octanol–water partition coefficient (Wildman–Crippen LogP) is 4.01. The first-order valence-electron chi connectivity index (χ1n) is 7.16. The summed E-state index contributed by atoms with van der Waals surface area (Å²) < 4.78 is 0. The van der Waals surface area contributed by atoms with Crippen molar-refractivity contribution in [1.29, 1.82) is 0 Å². The van der Waals surface area contributed by atoms with Gasteiger partial charge < -0.3 is 0 Å². The lowest BCUT2D eigenvalue weighted by Crippen LogP contribution is -2.33. The van der Waals surface area contributed by atoms with Crippen LogP contribution in [0.3, 0.4) is 0 Å². The van der Waals surface area contributed by atoms with Crippen LogP contribution in [0.2, 0.25) is 0 Å². The molecule has 100 valence electrons. The van der Waals surface area contributed by atoms with E-state index in [4.69, 9.17) is 9.97 Å². The molecular weight excluding hydrogens is 220 g/mol. The van der Waals surface area contributed by atoms with Crippen LogP contribution in [0.1, 0.15) is 70.2 Å². The van der Waals surface area contributed by atoms with E-state index < -0.39 is 0 Å². The molecular formula is C16H26N2. The fourth-order valence-corrected chi connectivity index (χ4v) is 3.16. The maximum atomic E-state index is 4.93. The SMILES string of the molecule is Cc1nc(C(C)C)nc2c1CC(C)C2(C)C(C)C. The van der Waals surface area contributed by atoms with Gasteiger partial charge in [-0.15, -0.1) is 0 Å². The van der Waals surface area contributed by atoms with E-state index in [1.165, 1.54) is 17.0 Å². The Labute approximate surface area is 111 Å². The minimum atomic E-state index is 0.201. The smallest absolute Gasteiger partial charge is 0.131 e. The second-order valence-corrected chi connectivity index (χ2v) is 6.69. The molecule has 0 aliphatic heterocycles. The molecule has 0 aromatic carbocycles. The Kier molecular flexibility index (Phi) is 3.25. The number of hydrogen-bond donors (Lipinski definition) is 0. The Hall–Kier alpha value is -0.920. The van der Waals surface area contributed by atoms with Crippen molar-refractivity contribution in [2.75, 3.05) is 0 Å². The second kappa shape index (κ2) is 4.32. The Morgan fingerprint density at radius 1 is 1.17 bits per heavy atom. The van der Waals surface area contributed by atoms with Gasteiger partial charge >= 0.3 is 0 Å². The van der Waals surface area contributed by atoms with Crippen molar-refractivity contribution in [3.8, 4) is 0 Å². The molecule has 2 heteroatoms. The number of aryl methyl sites for hydroxylation is 1. The van der Waals surface area contributed by atoms with E-state index in [0.717, 1.165) is 12.2 Å². The fraction of sp³-hybridized carbons (Fsp3) is 0.750. The maximum Gasteiger partial charge on any atom is 0.131 e. The summed E-state index contributed by atoms with van der Waals surface area (Å²) in [6.45, 7) is 15.9. The van der Waals surface area contributed by atoms with Crippen LogP contribution in [-0.4, -0.2) is 9.97 Å². The van der Waals surface area contributed by atoms with Gasteiger partial charge in [-0.3, -0.25) is 0 Å². The molecule has 0 bridgehead atoms. The van der Waals surface area contributed by atoms with Crippen LogP contribution in [-0.2, 0) is 11.8 Å². The molecule has 0 saturated carbocycles. The zero-order chi connectivity index (χ0) is 13.7. The van der Waals surface area contributed by atoms with Crippen LogP contribution in [0.4, 0.5) is 0 Å². The Morgan fingerprint density at radius 2 is 1.78 bits per heavy atom. The summed E-state index contributed by atoms with van der Waals surface area (Å²) in [6.07, 6.45) is 1.13. The van der Waals surface area contributed by atoms with E-state index in [1.54, 1.807) is 0 Å². The average molecular weight is 246 g/mol. The zero-order valence-corrected chi connectivity index (χ0v) is 12.8. The number of fused-ring (bicyclic) bond motifs is 1. The summed E-state index contributed by atoms with van der Waals surface area (Å²) in [4.78, 5) is 9.62. The van der Waals surface area contributed by atoms with E-state index in [2.05, 4.69) is 48.5 Å². The van der Waals surface area contributed by atoms with Crippen molar-refractivity contribution >= 4 is 0 Å². The first-order chi connectivity index (χ1) is 8.28. The van der Waals surface area contributed by atoms with E-state index >= 15 is 0 Å². The summed E-state index contributed by atoms with van der Waals surface area (Å²) >= 11 is 0. The maximum absolute atomic E-state index is 4.93. The van der Waals surface area contributed by atoms with Gasteiger partial charge in [0, 0.05) is 17.0 Å². The van der Waals surface area contributed by atoms with E-state index in [1.807, 2.05) is 0 Å². The second-order valence-electron chi connectivity index (χ2n) is 6.69. The van der Waals surface area contributed by atoms with Crippen LogP contribution >= 0.6 is 0 Å². The number of aromatic nitrogens is 2. The van der Waals surface area contributed by atoms with Gasteiger partial charge in [0.2, 0.25) is 0 Å². The molecule has 2 rings (SSSR count). The molecule has 0 radical (unpaired) electrons. The average Bonchev–Trinajstić information content (AvgIpc) is 2.54. The zero-order valence-electron chi connectivity index (χ0n) is 12.8. The molecule has 1 heterocycles. The fourth-order valence-electron chi connectivity index (χ4n) is 3.16. The first-order valence-corrected chi connectivity index (χ1v) is 7.16. The lowest BCUT2D eigenvalue weighted by atomic mass is 9.71. The van der Waals surface area contributed by atoms with Crippen molar-refractivity contribution in [3.63, 3.8) is 0 Å². The van der Waals surface area contributed by atoms with Crippen molar-refractivity contribution in [1.82, 2.24) is 9.97 Å². The lowest BCUT2D eigenvalue weighted by Gasteiger charge is -2.34. The lowest BCUT2D eigenvalue weighted by molar-refractivity contribution is 0.246. The molecule has 0 amide bonds. The van der Waals surface area contributed by atoms with Crippen LogP contribution in [0.25, 0.3) is 0 Å². The van der Waals surface area contributed by atoms with E-state index in [9.17, 15) is 0 Å². The molecule has 1 aliphatic rings. The summed E-state index contributed by atoms with van der Waals surface area (Å²) in [5.41, 5.74) is 4.12. The van der Waals surface area contributed by atoms with Crippen LogP contribution in [0.5, 0.6) is 0 Å². The van der Waals surface area contributed by atoms with Gasteiger partial charge in [-0.1, -0.05) is 41.5 Å². The quantitative estimate of drug-likeness (QED) is 0.788. The molecule has 0 saturated heterocycles. The van der Waals surface area contributed by atoms with Crippen molar-refractivity contribution < 1.29 is 0 Å². The summed E-state index contributed by atoms with van der Waals surface area (Å²) in [5.74, 6) is 2.68. The van der Waals surface area contributed by atoms with E-state index in [0.29, 0.717) is 17.8 Å². The number of rotatable bonds is 2. The van der Waals surface area contributed by atoms with Crippen molar-refractivity contribution in [3.05, 3.63) is 22.8 Å². The van der Waals surface area contributed by atoms with Gasteiger partial charge in [0.15, 0.2) is 0 Å². The highest BCUT2D eigenvalue weighted by molar-refractivity contribution is 5.38. The van der Waals surface area contributed by atoms with Gasteiger partial charge in [0.1, 0.15) is 5.82 Å². The largest absolute Gasteiger partial charge is 0.238 e. The molecule has 0 fully saturated rings. The van der Waals surface area contributed by atoms with Gasteiger partial charge in [-0.05, 0) is 30.7 Å². The Bertz CT molecular complexity index is 462. The molecule has 0 spiro atoms. The molecule has 18 heavy (non-hydrogen) atoms. The monoisotopic (exact) mass is 246 g/mol. The summed E-state index contributed by atoms with van der Waals surface area (Å²) in [5, 5.41) is 0. The van der Waals surface area contributed by atoms with Gasteiger partial charge in [-0.25, -0.2) is 9.97 Å². The predicted molar refractivity (Wildman–Crippen MR) is 75.9 cm³/mol. The Balaban J connectivity index is 2.64. The van der Waals surface area contributed by atoms with Crippen LogP contribution < -0.4 is 0 Å². The van der Waals surface area contributed by atoms with Crippen LogP contribution in [0, 0.1) is 18.8 Å². The van der Waals surface area contributed by atoms with Crippen LogP contribution in [0.15, 0.2) is 0 Å². The number of hydrogen-bond acceptors (Lipinski definition) is 2. The molecule has 0 N–H and O–H groups in total.